The summed E-state index contributed by atoms with van der Waals surface area (Å²) in [5.41, 5.74) is 1.53. The third kappa shape index (κ3) is 3.48. The molecule has 1 aromatic heterocycles. The Morgan fingerprint density at radius 2 is 1.83 bits per heavy atom. The van der Waals surface area contributed by atoms with Crippen molar-refractivity contribution in [1.29, 1.82) is 0 Å². The molecule has 126 valence electrons. The molecule has 0 radical (unpaired) electrons. The lowest BCUT2D eigenvalue weighted by Gasteiger charge is -2.35. The minimum atomic E-state index is 0.0219. The number of aryl methyl sites for hydroxylation is 1. The topological polar surface area (TPSA) is 58.6 Å². The van der Waals surface area contributed by atoms with Gasteiger partial charge in [-0.15, -0.1) is 5.10 Å². The molecule has 1 aliphatic rings. The summed E-state index contributed by atoms with van der Waals surface area (Å²) in [6, 6.07) is 11.4. The number of nitrogens with zero attached hydrogens (tertiary/aromatic N) is 4. The Bertz CT molecular complexity index is 694. The number of carbonyl (C=O) groups excluding carboxylic acids is 1. The average molecular weight is 326 g/mol. The molecule has 0 unspecified atom stereocenters. The largest absolute Gasteiger partial charge is 0.493 e. The first-order valence-corrected chi connectivity index (χ1v) is 8.25. The van der Waals surface area contributed by atoms with E-state index in [1.165, 1.54) is 0 Å². The Hall–Kier alpha value is -2.63. The molecule has 6 nitrogen and oxygen atoms in total. The molecule has 1 aliphatic heterocycles. The van der Waals surface area contributed by atoms with Gasteiger partial charge in [-0.05, 0) is 38.1 Å². The molecule has 6 heteroatoms. The van der Waals surface area contributed by atoms with Crippen LogP contribution in [0.15, 0.2) is 36.4 Å². The standard InChI is InChI=1S/C18H22N4O2/c1-3-24-16-7-5-4-6-15(16)18(23)22-12-10-21(11-13-22)17-9-8-14(2)19-20-17/h4-9H,3,10-13H2,1-2H3. The van der Waals surface area contributed by atoms with Gasteiger partial charge in [-0.2, -0.15) is 5.10 Å². The number of aromatic nitrogens is 2. The van der Waals surface area contributed by atoms with Crippen LogP contribution in [0, 0.1) is 6.92 Å². The van der Waals surface area contributed by atoms with Gasteiger partial charge in [0.1, 0.15) is 5.75 Å². The molecule has 1 aromatic carbocycles. The van der Waals surface area contributed by atoms with Crippen LogP contribution in [-0.2, 0) is 0 Å². The average Bonchev–Trinajstić information content (AvgIpc) is 2.63. The van der Waals surface area contributed by atoms with E-state index in [4.69, 9.17) is 4.74 Å². The van der Waals surface area contributed by atoms with E-state index < -0.39 is 0 Å². The molecular formula is C18H22N4O2. The second kappa shape index (κ2) is 7.29. The Morgan fingerprint density at radius 3 is 2.50 bits per heavy atom. The maximum Gasteiger partial charge on any atom is 0.257 e. The van der Waals surface area contributed by atoms with Gasteiger partial charge in [-0.25, -0.2) is 0 Å². The van der Waals surface area contributed by atoms with E-state index in [0.717, 1.165) is 24.6 Å². The van der Waals surface area contributed by atoms with Gasteiger partial charge in [-0.3, -0.25) is 4.79 Å². The van der Waals surface area contributed by atoms with Crippen LogP contribution in [-0.4, -0.2) is 53.8 Å². The maximum absolute atomic E-state index is 12.8. The van der Waals surface area contributed by atoms with Crippen LogP contribution in [0.3, 0.4) is 0 Å². The summed E-state index contributed by atoms with van der Waals surface area (Å²) < 4.78 is 5.57. The fourth-order valence-electron chi connectivity index (χ4n) is 2.79. The third-order valence-electron chi connectivity index (χ3n) is 4.09. The first-order chi connectivity index (χ1) is 11.7. The lowest BCUT2D eigenvalue weighted by Crippen LogP contribution is -2.49. The second-order valence-electron chi connectivity index (χ2n) is 5.74. The summed E-state index contributed by atoms with van der Waals surface area (Å²) in [6.45, 7) is 7.21. The monoisotopic (exact) mass is 326 g/mol. The third-order valence-corrected chi connectivity index (χ3v) is 4.09. The molecule has 1 saturated heterocycles. The lowest BCUT2D eigenvalue weighted by atomic mass is 10.1. The maximum atomic E-state index is 12.8. The number of hydrogen-bond donors (Lipinski definition) is 0. The molecule has 0 N–H and O–H groups in total. The zero-order chi connectivity index (χ0) is 16.9. The first-order valence-electron chi connectivity index (χ1n) is 8.25. The number of ether oxygens (including phenoxy) is 1. The summed E-state index contributed by atoms with van der Waals surface area (Å²) in [7, 11) is 0. The Morgan fingerprint density at radius 1 is 1.08 bits per heavy atom. The molecule has 0 saturated carbocycles. The Kier molecular flexibility index (Phi) is 4.93. The van der Waals surface area contributed by atoms with Gasteiger partial charge in [0.05, 0.1) is 17.9 Å². The molecular weight excluding hydrogens is 304 g/mol. The predicted octanol–water partition coefficient (Wildman–Crippen LogP) is 2.15. The van der Waals surface area contributed by atoms with Gasteiger partial charge in [0.25, 0.3) is 5.91 Å². The molecule has 0 atom stereocenters. The number of amides is 1. The summed E-state index contributed by atoms with van der Waals surface area (Å²) in [4.78, 5) is 16.8. The van der Waals surface area contributed by atoms with Crippen LogP contribution >= 0.6 is 0 Å². The van der Waals surface area contributed by atoms with E-state index in [1.807, 2.05) is 55.1 Å². The highest BCUT2D eigenvalue weighted by Gasteiger charge is 2.24. The van der Waals surface area contributed by atoms with Gasteiger partial charge < -0.3 is 14.5 Å². The van der Waals surface area contributed by atoms with Gasteiger partial charge in [0.2, 0.25) is 0 Å². The van der Waals surface area contributed by atoms with Gasteiger partial charge >= 0.3 is 0 Å². The summed E-state index contributed by atoms with van der Waals surface area (Å²) in [6.07, 6.45) is 0. The van der Waals surface area contributed by atoms with E-state index in [9.17, 15) is 4.79 Å². The summed E-state index contributed by atoms with van der Waals surface area (Å²) in [5, 5.41) is 8.32. The van der Waals surface area contributed by atoms with Gasteiger partial charge in [0.15, 0.2) is 5.82 Å². The van der Waals surface area contributed by atoms with E-state index in [2.05, 4.69) is 15.1 Å². The van der Waals surface area contributed by atoms with Gasteiger partial charge in [0, 0.05) is 26.2 Å². The van der Waals surface area contributed by atoms with Crippen LogP contribution in [0.1, 0.15) is 23.0 Å². The number of piperazine rings is 1. The van der Waals surface area contributed by atoms with E-state index in [1.54, 1.807) is 0 Å². The zero-order valence-electron chi connectivity index (χ0n) is 14.1. The van der Waals surface area contributed by atoms with Crippen molar-refractivity contribution in [3.05, 3.63) is 47.7 Å². The molecule has 1 fully saturated rings. The molecule has 0 aliphatic carbocycles. The smallest absolute Gasteiger partial charge is 0.257 e. The van der Waals surface area contributed by atoms with Crippen molar-refractivity contribution >= 4 is 11.7 Å². The van der Waals surface area contributed by atoms with Crippen molar-refractivity contribution in [2.75, 3.05) is 37.7 Å². The molecule has 0 bridgehead atoms. The van der Waals surface area contributed by atoms with Crippen molar-refractivity contribution in [3.8, 4) is 5.75 Å². The zero-order valence-corrected chi connectivity index (χ0v) is 14.1. The molecule has 2 heterocycles. The number of rotatable bonds is 4. The van der Waals surface area contributed by atoms with Gasteiger partial charge in [-0.1, -0.05) is 12.1 Å². The normalized spacial score (nSPS) is 14.6. The molecule has 3 rings (SSSR count). The summed E-state index contributed by atoms with van der Waals surface area (Å²) >= 11 is 0. The van der Waals surface area contributed by atoms with Crippen molar-refractivity contribution in [2.45, 2.75) is 13.8 Å². The SMILES string of the molecule is CCOc1ccccc1C(=O)N1CCN(c2ccc(C)nn2)CC1. The number of benzene rings is 1. The fourth-order valence-corrected chi connectivity index (χ4v) is 2.79. The number of para-hydroxylation sites is 1. The highest BCUT2D eigenvalue weighted by atomic mass is 16.5. The van der Waals surface area contributed by atoms with Crippen LogP contribution < -0.4 is 9.64 Å². The highest BCUT2D eigenvalue weighted by molar-refractivity contribution is 5.97. The number of carbonyl (C=O) groups is 1. The molecule has 1 amide bonds. The Balaban J connectivity index is 1.66. The van der Waals surface area contributed by atoms with Crippen molar-refractivity contribution in [2.24, 2.45) is 0 Å². The predicted molar refractivity (Wildman–Crippen MR) is 92.5 cm³/mol. The van der Waals surface area contributed by atoms with E-state index in [-0.39, 0.29) is 5.91 Å². The van der Waals surface area contributed by atoms with E-state index in [0.29, 0.717) is 31.0 Å². The lowest BCUT2D eigenvalue weighted by molar-refractivity contribution is 0.0742. The highest BCUT2D eigenvalue weighted by Crippen LogP contribution is 2.21. The van der Waals surface area contributed by atoms with Crippen LogP contribution in [0.2, 0.25) is 0 Å². The minimum Gasteiger partial charge on any atom is -0.493 e. The quantitative estimate of drug-likeness (QED) is 0.861. The van der Waals surface area contributed by atoms with E-state index >= 15 is 0 Å². The van der Waals surface area contributed by atoms with Crippen LogP contribution in [0.4, 0.5) is 5.82 Å². The van der Waals surface area contributed by atoms with Crippen molar-refractivity contribution < 1.29 is 9.53 Å². The number of anilines is 1. The van der Waals surface area contributed by atoms with Crippen LogP contribution in [0.25, 0.3) is 0 Å². The molecule has 0 spiro atoms. The van der Waals surface area contributed by atoms with Crippen molar-refractivity contribution in [3.63, 3.8) is 0 Å². The first kappa shape index (κ1) is 16.2. The van der Waals surface area contributed by atoms with Crippen LogP contribution in [0.5, 0.6) is 5.75 Å². The molecule has 24 heavy (non-hydrogen) atoms. The number of hydrogen-bond acceptors (Lipinski definition) is 5. The summed E-state index contributed by atoms with van der Waals surface area (Å²) in [5.74, 6) is 1.54. The minimum absolute atomic E-state index is 0.0219. The fraction of sp³-hybridized carbons (Fsp3) is 0.389. The molecule has 2 aromatic rings. The second-order valence-corrected chi connectivity index (χ2v) is 5.74. The van der Waals surface area contributed by atoms with Crippen molar-refractivity contribution in [1.82, 2.24) is 15.1 Å². The Labute approximate surface area is 142 Å².